The summed E-state index contributed by atoms with van der Waals surface area (Å²) in [6.07, 6.45) is 3.48. The lowest BCUT2D eigenvalue weighted by Gasteiger charge is -2.21. The van der Waals surface area contributed by atoms with Crippen LogP contribution in [0.5, 0.6) is 0 Å². The third kappa shape index (κ3) is 4.54. The summed E-state index contributed by atoms with van der Waals surface area (Å²) >= 11 is 0. The van der Waals surface area contributed by atoms with Gasteiger partial charge in [-0.25, -0.2) is 9.97 Å². The minimum Gasteiger partial charge on any atom is -0.358 e. The van der Waals surface area contributed by atoms with Gasteiger partial charge in [-0.05, 0) is 33.2 Å². The second kappa shape index (κ2) is 7.92. The molecule has 3 aromatic rings. The minimum absolute atomic E-state index is 0.649. The van der Waals surface area contributed by atoms with Crippen LogP contribution in [0.1, 0.15) is 5.69 Å². The van der Waals surface area contributed by atoms with E-state index >= 15 is 0 Å². The van der Waals surface area contributed by atoms with Crippen LogP contribution in [0.15, 0.2) is 36.7 Å². The summed E-state index contributed by atoms with van der Waals surface area (Å²) in [6, 6.07) is 7.68. The first-order chi connectivity index (χ1) is 12.5. The summed E-state index contributed by atoms with van der Waals surface area (Å²) in [7, 11) is 6.15. The molecule has 0 radical (unpaired) electrons. The third-order valence-electron chi connectivity index (χ3n) is 3.89. The number of nitrogens with zero attached hydrogens (tertiary/aromatic N) is 6. The number of hydrogen-bond acceptors (Lipinski definition) is 7. The Balaban J connectivity index is 1.93. The first-order valence-electron chi connectivity index (χ1n) is 8.45. The fourth-order valence-electron chi connectivity index (χ4n) is 2.40. The normalized spacial score (nSPS) is 11.0. The molecule has 136 valence electrons. The largest absolute Gasteiger partial charge is 0.358 e. The standard InChI is InChI=1S/C18H24N8/c1-13-11-16(24-23-13)20-15-12-17(26(4)10-9-25(2)3)22-18(21-15)14-5-7-19-8-6-14/h5-8,11-12H,9-10H2,1-4H3,(H2,20,21,22,23,24). The molecule has 8 heteroatoms. The Hall–Kier alpha value is -3.00. The summed E-state index contributed by atoms with van der Waals surface area (Å²) in [5.41, 5.74) is 1.91. The maximum Gasteiger partial charge on any atom is 0.163 e. The molecular weight excluding hydrogens is 328 g/mol. The highest BCUT2D eigenvalue weighted by molar-refractivity contribution is 5.64. The van der Waals surface area contributed by atoms with Crippen LogP contribution in [0.3, 0.4) is 0 Å². The Kier molecular flexibility index (Phi) is 5.43. The van der Waals surface area contributed by atoms with Gasteiger partial charge in [0, 0.05) is 55.9 Å². The number of H-pyrrole nitrogens is 1. The van der Waals surface area contributed by atoms with Crippen LogP contribution in [0, 0.1) is 6.92 Å². The number of pyridine rings is 1. The van der Waals surface area contributed by atoms with Gasteiger partial charge in [0.2, 0.25) is 0 Å². The molecule has 3 heterocycles. The second-order valence-corrected chi connectivity index (χ2v) is 6.46. The zero-order chi connectivity index (χ0) is 18.5. The molecule has 0 bridgehead atoms. The first kappa shape index (κ1) is 17.8. The van der Waals surface area contributed by atoms with Crippen molar-refractivity contribution in [3.63, 3.8) is 0 Å². The van der Waals surface area contributed by atoms with Gasteiger partial charge in [-0.15, -0.1) is 0 Å². The summed E-state index contributed by atoms with van der Waals surface area (Å²) in [5.74, 6) is 2.92. The van der Waals surface area contributed by atoms with Crippen molar-refractivity contribution in [1.82, 2.24) is 30.0 Å². The van der Waals surface area contributed by atoms with E-state index < -0.39 is 0 Å². The Morgan fingerprint density at radius 2 is 1.77 bits per heavy atom. The predicted octanol–water partition coefficient (Wildman–Crippen LogP) is 2.31. The van der Waals surface area contributed by atoms with Crippen molar-refractivity contribution in [3.8, 4) is 11.4 Å². The molecule has 0 aromatic carbocycles. The Morgan fingerprint density at radius 1 is 1.00 bits per heavy atom. The summed E-state index contributed by atoms with van der Waals surface area (Å²) in [5, 5.41) is 10.4. The number of anilines is 3. The Labute approximate surface area is 153 Å². The molecule has 0 aliphatic heterocycles. The number of nitrogens with one attached hydrogen (secondary N) is 2. The van der Waals surface area contributed by atoms with Gasteiger partial charge in [-0.2, -0.15) is 5.10 Å². The smallest absolute Gasteiger partial charge is 0.163 e. The van der Waals surface area contributed by atoms with Crippen molar-refractivity contribution in [3.05, 3.63) is 42.4 Å². The number of rotatable bonds is 7. The number of aryl methyl sites for hydroxylation is 1. The summed E-state index contributed by atoms with van der Waals surface area (Å²) in [6.45, 7) is 3.76. The maximum absolute atomic E-state index is 4.73. The lowest BCUT2D eigenvalue weighted by atomic mass is 10.2. The maximum atomic E-state index is 4.73. The van der Waals surface area contributed by atoms with E-state index in [0.29, 0.717) is 11.6 Å². The fraction of sp³-hybridized carbons (Fsp3) is 0.333. The average Bonchev–Trinajstić information content (AvgIpc) is 3.04. The van der Waals surface area contributed by atoms with E-state index in [1.54, 1.807) is 12.4 Å². The van der Waals surface area contributed by atoms with Gasteiger partial charge in [0.05, 0.1) is 0 Å². The Morgan fingerprint density at radius 3 is 2.42 bits per heavy atom. The van der Waals surface area contributed by atoms with E-state index in [-0.39, 0.29) is 0 Å². The molecule has 0 spiro atoms. The number of aromatic amines is 1. The highest BCUT2D eigenvalue weighted by atomic mass is 15.2. The van der Waals surface area contributed by atoms with Crippen LogP contribution in [0.25, 0.3) is 11.4 Å². The summed E-state index contributed by atoms with van der Waals surface area (Å²) in [4.78, 5) is 17.7. The molecule has 0 fully saturated rings. The lowest BCUT2D eigenvalue weighted by molar-refractivity contribution is 0.416. The van der Waals surface area contributed by atoms with Crippen LogP contribution in [0.4, 0.5) is 17.5 Å². The van der Waals surface area contributed by atoms with Crippen molar-refractivity contribution >= 4 is 17.5 Å². The molecule has 26 heavy (non-hydrogen) atoms. The van der Waals surface area contributed by atoms with E-state index in [9.17, 15) is 0 Å². The van der Waals surface area contributed by atoms with Gasteiger partial charge < -0.3 is 15.1 Å². The zero-order valence-electron chi connectivity index (χ0n) is 15.6. The molecule has 0 aliphatic carbocycles. The molecule has 0 amide bonds. The van der Waals surface area contributed by atoms with Crippen molar-refractivity contribution in [2.24, 2.45) is 0 Å². The molecule has 0 atom stereocenters. The topological polar surface area (TPSA) is 85.9 Å². The van der Waals surface area contributed by atoms with Gasteiger partial charge in [-0.1, -0.05) is 0 Å². The van der Waals surface area contributed by atoms with Crippen molar-refractivity contribution in [2.75, 3.05) is 44.4 Å². The quantitative estimate of drug-likeness (QED) is 0.675. The molecule has 0 aliphatic rings. The SMILES string of the molecule is Cc1cc(Nc2cc(N(C)CCN(C)C)nc(-c3ccncc3)n2)n[nH]1. The van der Waals surface area contributed by atoms with E-state index in [1.165, 1.54) is 0 Å². The highest BCUT2D eigenvalue weighted by Crippen LogP contribution is 2.23. The Bertz CT molecular complexity index is 843. The number of hydrogen-bond donors (Lipinski definition) is 2. The van der Waals surface area contributed by atoms with Crippen LogP contribution < -0.4 is 10.2 Å². The second-order valence-electron chi connectivity index (χ2n) is 6.46. The minimum atomic E-state index is 0.649. The number of aromatic nitrogens is 5. The van der Waals surface area contributed by atoms with E-state index in [2.05, 4.69) is 49.4 Å². The zero-order valence-corrected chi connectivity index (χ0v) is 15.6. The monoisotopic (exact) mass is 352 g/mol. The number of likely N-dealkylation sites (N-methyl/N-ethyl adjacent to an activating group) is 2. The average molecular weight is 352 g/mol. The van der Waals surface area contributed by atoms with Gasteiger partial charge >= 0.3 is 0 Å². The van der Waals surface area contributed by atoms with Gasteiger partial charge in [0.15, 0.2) is 11.6 Å². The molecule has 3 aromatic heterocycles. The van der Waals surface area contributed by atoms with Gasteiger partial charge in [0.1, 0.15) is 11.6 Å². The summed E-state index contributed by atoms with van der Waals surface area (Å²) < 4.78 is 0. The van der Waals surface area contributed by atoms with E-state index in [4.69, 9.17) is 4.98 Å². The molecular formula is C18H24N8. The molecule has 0 saturated carbocycles. The molecule has 8 nitrogen and oxygen atoms in total. The van der Waals surface area contributed by atoms with Crippen LogP contribution >= 0.6 is 0 Å². The molecule has 3 rings (SSSR count). The van der Waals surface area contributed by atoms with Crippen LogP contribution in [-0.4, -0.2) is 64.3 Å². The van der Waals surface area contributed by atoms with Crippen molar-refractivity contribution < 1.29 is 0 Å². The van der Waals surface area contributed by atoms with E-state index in [1.807, 2.05) is 38.2 Å². The third-order valence-corrected chi connectivity index (χ3v) is 3.89. The van der Waals surface area contributed by atoms with Crippen LogP contribution in [-0.2, 0) is 0 Å². The fourth-order valence-corrected chi connectivity index (χ4v) is 2.40. The lowest BCUT2D eigenvalue weighted by Crippen LogP contribution is -2.29. The molecule has 2 N–H and O–H groups in total. The molecule has 0 saturated heterocycles. The predicted molar refractivity (Wildman–Crippen MR) is 104 cm³/mol. The van der Waals surface area contributed by atoms with Crippen LogP contribution in [0.2, 0.25) is 0 Å². The van der Waals surface area contributed by atoms with E-state index in [0.717, 1.165) is 36.0 Å². The highest BCUT2D eigenvalue weighted by Gasteiger charge is 2.11. The van der Waals surface area contributed by atoms with Crippen molar-refractivity contribution in [2.45, 2.75) is 6.92 Å². The van der Waals surface area contributed by atoms with Gasteiger partial charge in [-0.3, -0.25) is 10.1 Å². The van der Waals surface area contributed by atoms with Gasteiger partial charge in [0.25, 0.3) is 0 Å². The first-order valence-corrected chi connectivity index (χ1v) is 8.45. The molecule has 0 unspecified atom stereocenters. The van der Waals surface area contributed by atoms with Crippen molar-refractivity contribution in [1.29, 1.82) is 0 Å².